The fourth-order valence-electron chi connectivity index (χ4n) is 3.12. The van der Waals surface area contributed by atoms with Crippen molar-refractivity contribution < 1.29 is 32.2 Å². The van der Waals surface area contributed by atoms with Gasteiger partial charge in [-0.15, -0.1) is 0 Å². The molecule has 38 heavy (non-hydrogen) atoms. The van der Waals surface area contributed by atoms with Crippen molar-refractivity contribution in [3.8, 4) is 17.6 Å². The van der Waals surface area contributed by atoms with Crippen LogP contribution >= 0.6 is 27.5 Å². The van der Waals surface area contributed by atoms with Crippen molar-refractivity contribution in [2.75, 3.05) is 24.4 Å². The minimum absolute atomic E-state index is 0.120. The molecule has 0 fully saturated rings. The predicted octanol–water partition coefficient (Wildman–Crippen LogP) is 6.69. The van der Waals surface area contributed by atoms with Crippen LogP contribution < -0.4 is 20.1 Å². The van der Waals surface area contributed by atoms with E-state index in [1.54, 1.807) is 30.3 Å². The van der Waals surface area contributed by atoms with Crippen molar-refractivity contribution in [1.82, 2.24) is 0 Å². The topological polar surface area (TPSA) is 100 Å². The van der Waals surface area contributed by atoms with E-state index in [-0.39, 0.29) is 29.4 Å². The molecule has 0 saturated carbocycles. The van der Waals surface area contributed by atoms with E-state index in [4.69, 9.17) is 21.1 Å². The Morgan fingerprint density at radius 3 is 2.42 bits per heavy atom. The van der Waals surface area contributed by atoms with Crippen molar-refractivity contribution in [2.24, 2.45) is 0 Å². The van der Waals surface area contributed by atoms with Crippen LogP contribution in [0.2, 0.25) is 5.02 Å². The standard InChI is InChI=1S/C26H18BrClF3N3O4/c1-37-22-11-15(9-16(13-32)25(36)34-20-4-2-3-17(12-20)26(29,30)31)10-21(27)24(22)38-14-23(35)33-19-7-5-18(28)6-8-19/h2-12H,14H2,1H3,(H,33,35)(H,34,36)/b16-9+. The van der Waals surface area contributed by atoms with Crippen LogP contribution in [0, 0.1) is 11.3 Å². The number of carbonyl (C=O) groups is 2. The summed E-state index contributed by atoms with van der Waals surface area (Å²) in [7, 11) is 1.36. The summed E-state index contributed by atoms with van der Waals surface area (Å²) in [5.41, 5.74) is -0.550. The van der Waals surface area contributed by atoms with Gasteiger partial charge in [0, 0.05) is 16.4 Å². The van der Waals surface area contributed by atoms with Gasteiger partial charge >= 0.3 is 6.18 Å². The van der Waals surface area contributed by atoms with Gasteiger partial charge in [-0.3, -0.25) is 9.59 Å². The Morgan fingerprint density at radius 1 is 1.08 bits per heavy atom. The Balaban J connectivity index is 1.74. The number of nitriles is 1. The van der Waals surface area contributed by atoms with E-state index >= 15 is 0 Å². The Kier molecular flexibility index (Phi) is 9.39. The Bertz CT molecular complexity index is 1420. The van der Waals surface area contributed by atoms with Crippen molar-refractivity contribution in [3.63, 3.8) is 0 Å². The fourth-order valence-corrected chi connectivity index (χ4v) is 3.82. The van der Waals surface area contributed by atoms with Crippen LogP contribution in [0.3, 0.4) is 0 Å². The van der Waals surface area contributed by atoms with E-state index in [9.17, 15) is 28.0 Å². The van der Waals surface area contributed by atoms with Crippen LogP contribution in [0.25, 0.3) is 6.08 Å². The molecule has 2 amide bonds. The van der Waals surface area contributed by atoms with Gasteiger partial charge in [-0.1, -0.05) is 17.7 Å². The summed E-state index contributed by atoms with van der Waals surface area (Å²) in [5.74, 6) is -0.951. The molecule has 3 aromatic rings. The molecule has 0 aliphatic heterocycles. The number of methoxy groups -OCH3 is 1. The second-order valence-electron chi connectivity index (χ2n) is 7.58. The maximum atomic E-state index is 12.9. The van der Waals surface area contributed by atoms with Gasteiger partial charge in [-0.25, -0.2) is 0 Å². The maximum absolute atomic E-state index is 12.9. The summed E-state index contributed by atoms with van der Waals surface area (Å²) in [6.45, 7) is -0.352. The van der Waals surface area contributed by atoms with E-state index in [1.807, 2.05) is 0 Å². The molecule has 0 radical (unpaired) electrons. The first-order valence-electron chi connectivity index (χ1n) is 10.7. The van der Waals surface area contributed by atoms with Crippen LogP contribution in [-0.4, -0.2) is 25.5 Å². The Morgan fingerprint density at radius 2 is 1.79 bits per heavy atom. The zero-order valence-electron chi connectivity index (χ0n) is 19.5. The molecule has 196 valence electrons. The van der Waals surface area contributed by atoms with Gasteiger partial charge in [-0.2, -0.15) is 18.4 Å². The largest absolute Gasteiger partial charge is 0.493 e. The number of hydrogen-bond acceptors (Lipinski definition) is 5. The van der Waals surface area contributed by atoms with Gasteiger partial charge in [0.1, 0.15) is 11.6 Å². The Labute approximate surface area is 228 Å². The number of nitrogens with zero attached hydrogens (tertiary/aromatic N) is 1. The van der Waals surface area contributed by atoms with Gasteiger partial charge in [-0.05, 0) is 82.2 Å². The number of alkyl halides is 3. The maximum Gasteiger partial charge on any atom is 0.416 e. The van der Waals surface area contributed by atoms with E-state index in [0.29, 0.717) is 20.7 Å². The summed E-state index contributed by atoms with van der Waals surface area (Å²) < 4.78 is 50.1. The number of rotatable bonds is 8. The third-order valence-electron chi connectivity index (χ3n) is 4.85. The van der Waals surface area contributed by atoms with E-state index in [2.05, 4.69) is 26.6 Å². The summed E-state index contributed by atoms with van der Waals surface area (Å²) in [5, 5.41) is 14.9. The fraction of sp³-hybridized carbons (Fsp3) is 0.115. The monoisotopic (exact) mass is 607 g/mol. The second kappa shape index (κ2) is 12.5. The first-order chi connectivity index (χ1) is 18.0. The highest BCUT2D eigenvalue weighted by Gasteiger charge is 2.30. The SMILES string of the molecule is COc1cc(/C=C(\C#N)C(=O)Nc2cccc(C(F)(F)F)c2)cc(Br)c1OCC(=O)Nc1ccc(Cl)cc1. The van der Waals surface area contributed by atoms with E-state index < -0.39 is 23.6 Å². The lowest BCUT2D eigenvalue weighted by Crippen LogP contribution is -2.20. The number of anilines is 2. The zero-order valence-corrected chi connectivity index (χ0v) is 21.9. The molecule has 0 unspecified atom stereocenters. The number of hydrogen-bond donors (Lipinski definition) is 2. The summed E-state index contributed by atoms with van der Waals surface area (Å²) in [6, 6.07) is 15.3. The lowest BCUT2D eigenvalue weighted by Gasteiger charge is -2.14. The molecule has 0 aromatic heterocycles. The van der Waals surface area contributed by atoms with Crippen LogP contribution in [0.15, 0.2) is 70.7 Å². The molecule has 0 bridgehead atoms. The van der Waals surface area contributed by atoms with Crippen LogP contribution in [0.4, 0.5) is 24.5 Å². The summed E-state index contributed by atoms with van der Waals surface area (Å²) in [6.07, 6.45) is -3.36. The molecule has 7 nitrogen and oxygen atoms in total. The number of ether oxygens (including phenoxy) is 2. The number of amides is 2. The minimum Gasteiger partial charge on any atom is -0.493 e. The smallest absolute Gasteiger partial charge is 0.416 e. The third kappa shape index (κ3) is 7.74. The van der Waals surface area contributed by atoms with Gasteiger partial charge in [0.05, 0.1) is 17.1 Å². The average molecular weight is 609 g/mol. The second-order valence-corrected chi connectivity index (χ2v) is 8.87. The molecular weight excluding hydrogens is 591 g/mol. The minimum atomic E-state index is -4.59. The number of halogens is 5. The van der Waals surface area contributed by atoms with Crippen LogP contribution in [-0.2, 0) is 15.8 Å². The van der Waals surface area contributed by atoms with Gasteiger partial charge in [0.15, 0.2) is 18.1 Å². The molecular formula is C26H18BrClF3N3O4. The summed E-state index contributed by atoms with van der Waals surface area (Å²) >= 11 is 9.15. The summed E-state index contributed by atoms with van der Waals surface area (Å²) in [4.78, 5) is 24.8. The van der Waals surface area contributed by atoms with Crippen LogP contribution in [0.5, 0.6) is 11.5 Å². The van der Waals surface area contributed by atoms with Crippen molar-refractivity contribution in [1.29, 1.82) is 5.26 Å². The molecule has 0 atom stereocenters. The molecule has 0 aliphatic rings. The lowest BCUT2D eigenvalue weighted by molar-refractivity contribution is -0.137. The van der Waals surface area contributed by atoms with E-state index in [1.165, 1.54) is 31.4 Å². The third-order valence-corrected chi connectivity index (χ3v) is 5.69. The quantitative estimate of drug-likeness (QED) is 0.219. The normalized spacial score (nSPS) is 11.3. The van der Waals surface area contributed by atoms with Gasteiger partial charge in [0.25, 0.3) is 11.8 Å². The molecule has 0 spiro atoms. The molecule has 3 rings (SSSR count). The zero-order chi connectivity index (χ0) is 27.9. The molecule has 0 heterocycles. The number of carbonyl (C=O) groups excluding carboxylic acids is 2. The molecule has 12 heteroatoms. The first-order valence-corrected chi connectivity index (χ1v) is 11.8. The first kappa shape index (κ1) is 28.6. The van der Waals surface area contributed by atoms with Crippen molar-refractivity contribution in [2.45, 2.75) is 6.18 Å². The molecule has 0 aliphatic carbocycles. The molecule has 0 saturated heterocycles. The van der Waals surface area contributed by atoms with Crippen molar-refractivity contribution in [3.05, 3.63) is 86.9 Å². The Hall–Kier alpha value is -4.01. The molecule has 2 N–H and O–H groups in total. The number of nitrogens with one attached hydrogen (secondary N) is 2. The van der Waals surface area contributed by atoms with Crippen LogP contribution in [0.1, 0.15) is 11.1 Å². The molecule has 3 aromatic carbocycles. The predicted molar refractivity (Wildman–Crippen MR) is 140 cm³/mol. The highest BCUT2D eigenvalue weighted by Crippen LogP contribution is 2.37. The lowest BCUT2D eigenvalue weighted by atomic mass is 10.1. The van der Waals surface area contributed by atoms with E-state index in [0.717, 1.165) is 18.2 Å². The average Bonchev–Trinajstić information content (AvgIpc) is 2.87. The number of benzene rings is 3. The van der Waals surface area contributed by atoms with Gasteiger partial charge < -0.3 is 20.1 Å². The van der Waals surface area contributed by atoms with Gasteiger partial charge in [0.2, 0.25) is 0 Å². The van der Waals surface area contributed by atoms with Crippen molar-refractivity contribution >= 4 is 56.8 Å². The highest BCUT2D eigenvalue weighted by atomic mass is 79.9. The highest BCUT2D eigenvalue weighted by molar-refractivity contribution is 9.10.